The lowest BCUT2D eigenvalue weighted by Crippen LogP contribution is -2.36. The maximum Gasteiger partial charge on any atom is 0.312 e. The summed E-state index contributed by atoms with van der Waals surface area (Å²) in [6.45, 7) is 2.34. The number of hydrogen-bond donors (Lipinski definition) is 3. The molecule has 3 amide bonds. The van der Waals surface area contributed by atoms with E-state index >= 15 is 0 Å². The molecule has 3 aromatic rings. The van der Waals surface area contributed by atoms with Crippen LogP contribution in [0.1, 0.15) is 29.2 Å². The number of rotatable bonds is 7. The number of carbonyl (C=O) groups excluding carboxylic acids is 2. The minimum atomic E-state index is -0.656. The molecule has 2 aromatic carbocycles. The van der Waals surface area contributed by atoms with Gasteiger partial charge in [-0.15, -0.1) is 0 Å². The van der Waals surface area contributed by atoms with Gasteiger partial charge in [-0.1, -0.05) is 36.4 Å². The standard InChI is InChI=1S/C21H23N5O2/c1-15-4-2-3-5-18(15)19(25-21(22)28)12-20(27)24-13-16-6-8-17(9-7-16)26-11-10-23-14-26/h2-11,14,19H,12-13H2,1H3,(H,24,27)(H3,22,25,28). The Hall–Kier alpha value is -3.61. The molecule has 0 aliphatic heterocycles. The van der Waals surface area contributed by atoms with Crippen LogP contribution in [0.5, 0.6) is 0 Å². The fraction of sp³-hybridized carbons (Fsp3) is 0.190. The van der Waals surface area contributed by atoms with Gasteiger partial charge in [0, 0.05) is 24.6 Å². The highest BCUT2D eigenvalue weighted by molar-refractivity contribution is 5.79. The number of aryl methyl sites for hydroxylation is 1. The number of aromatic nitrogens is 2. The first-order valence-corrected chi connectivity index (χ1v) is 8.98. The van der Waals surface area contributed by atoms with Crippen molar-refractivity contribution in [2.75, 3.05) is 0 Å². The van der Waals surface area contributed by atoms with E-state index in [2.05, 4.69) is 15.6 Å². The summed E-state index contributed by atoms with van der Waals surface area (Å²) in [6.07, 6.45) is 5.43. The van der Waals surface area contributed by atoms with Crippen LogP contribution in [-0.4, -0.2) is 21.5 Å². The van der Waals surface area contributed by atoms with Crippen molar-refractivity contribution < 1.29 is 9.59 Å². The number of nitrogens with zero attached hydrogens (tertiary/aromatic N) is 2. The predicted molar refractivity (Wildman–Crippen MR) is 107 cm³/mol. The van der Waals surface area contributed by atoms with Gasteiger partial charge in [0.2, 0.25) is 5.91 Å². The number of benzene rings is 2. The number of carbonyl (C=O) groups is 2. The zero-order valence-electron chi connectivity index (χ0n) is 15.6. The predicted octanol–water partition coefficient (Wildman–Crippen LogP) is 2.60. The molecule has 7 nitrogen and oxygen atoms in total. The van der Waals surface area contributed by atoms with Crippen molar-refractivity contribution in [2.24, 2.45) is 5.73 Å². The maximum absolute atomic E-state index is 12.4. The van der Waals surface area contributed by atoms with Crippen LogP contribution in [0.2, 0.25) is 0 Å². The summed E-state index contributed by atoms with van der Waals surface area (Å²) in [5.74, 6) is -0.166. The van der Waals surface area contributed by atoms with Crippen LogP contribution in [0, 0.1) is 6.92 Å². The molecule has 0 spiro atoms. The monoisotopic (exact) mass is 377 g/mol. The van der Waals surface area contributed by atoms with Gasteiger partial charge in [-0.2, -0.15) is 0 Å². The van der Waals surface area contributed by atoms with Gasteiger partial charge in [0.1, 0.15) is 0 Å². The third-order valence-corrected chi connectivity index (χ3v) is 4.50. The Morgan fingerprint density at radius 2 is 1.89 bits per heavy atom. The highest BCUT2D eigenvalue weighted by Crippen LogP contribution is 2.20. The molecule has 1 unspecified atom stereocenters. The molecule has 1 atom stereocenters. The minimum Gasteiger partial charge on any atom is -0.352 e. The van der Waals surface area contributed by atoms with Crippen LogP contribution in [0.4, 0.5) is 4.79 Å². The third-order valence-electron chi connectivity index (χ3n) is 4.50. The molecule has 28 heavy (non-hydrogen) atoms. The second-order valence-electron chi connectivity index (χ2n) is 6.54. The van der Waals surface area contributed by atoms with Crippen molar-refractivity contribution in [3.8, 4) is 5.69 Å². The van der Waals surface area contributed by atoms with Crippen molar-refractivity contribution >= 4 is 11.9 Å². The van der Waals surface area contributed by atoms with E-state index in [1.54, 1.807) is 12.5 Å². The SMILES string of the molecule is Cc1ccccc1C(CC(=O)NCc1ccc(-n2ccnc2)cc1)NC(N)=O. The molecule has 3 rings (SSSR count). The Morgan fingerprint density at radius 3 is 2.54 bits per heavy atom. The first-order valence-electron chi connectivity index (χ1n) is 8.98. The Labute approximate surface area is 163 Å². The molecule has 0 saturated heterocycles. The molecule has 1 heterocycles. The number of urea groups is 1. The van der Waals surface area contributed by atoms with E-state index in [0.717, 1.165) is 22.4 Å². The van der Waals surface area contributed by atoms with Crippen LogP contribution >= 0.6 is 0 Å². The number of imidazole rings is 1. The van der Waals surface area contributed by atoms with Gasteiger partial charge in [-0.3, -0.25) is 4.79 Å². The van der Waals surface area contributed by atoms with Crippen molar-refractivity contribution in [2.45, 2.75) is 25.9 Å². The number of primary amides is 1. The molecule has 1 aromatic heterocycles. The average Bonchev–Trinajstić information content (AvgIpc) is 3.21. The largest absolute Gasteiger partial charge is 0.352 e. The lowest BCUT2D eigenvalue weighted by atomic mass is 9.98. The van der Waals surface area contributed by atoms with Gasteiger partial charge in [0.15, 0.2) is 0 Å². The van der Waals surface area contributed by atoms with Crippen LogP contribution in [0.15, 0.2) is 67.3 Å². The Morgan fingerprint density at radius 1 is 1.14 bits per heavy atom. The van der Waals surface area contributed by atoms with Crippen LogP contribution in [0.3, 0.4) is 0 Å². The van der Waals surface area contributed by atoms with Crippen LogP contribution < -0.4 is 16.4 Å². The van der Waals surface area contributed by atoms with Gasteiger partial charge < -0.3 is 20.9 Å². The van der Waals surface area contributed by atoms with E-state index in [0.29, 0.717) is 6.54 Å². The van der Waals surface area contributed by atoms with Crippen LogP contribution in [-0.2, 0) is 11.3 Å². The molecule has 0 aliphatic carbocycles. The van der Waals surface area contributed by atoms with Crippen molar-refractivity contribution in [1.82, 2.24) is 20.2 Å². The second-order valence-corrected chi connectivity index (χ2v) is 6.54. The fourth-order valence-corrected chi connectivity index (χ4v) is 3.04. The number of hydrogen-bond acceptors (Lipinski definition) is 3. The zero-order valence-corrected chi connectivity index (χ0v) is 15.6. The summed E-state index contributed by atoms with van der Waals surface area (Å²) in [5, 5.41) is 5.55. The normalized spacial score (nSPS) is 11.6. The summed E-state index contributed by atoms with van der Waals surface area (Å²) in [4.78, 5) is 27.8. The molecule has 0 fully saturated rings. The van der Waals surface area contributed by atoms with Gasteiger partial charge in [0.05, 0.1) is 18.8 Å². The number of amides is 3. The smallest absolute Gasteiger partial charge is 0.312 e. The van der Waals surface area contributed by atoms with Crippen molar-refractivity contribution in [1.29, 1.82) is 0 Å². The molecule has 0 aliphatic rings. The van der Waals surface area contributed by atoms with Crippen LogP contribution in [0.25, 0.3) is 5.69 Å². The summed E-state index contributed by atoms with van der Waals surface area (Å²) < 4.78 is 1.91. The van der Waals surface area contributed by atoms with Gasteiger partial charge >= 0.3 is 6.03 Å². The fourth-order valence-electron chi connectivity index (χ4n) is 3.04. The third kappa shape index (κ3) is 4.97. The highest BCUT2D eigenvalue weighted by Gasteiger charge is 2.18. The lowest BCUT2D eigenvalue weighted by Gasteiger charge is -2.19. The van der Waals surface area contributed by atoms with E-state index in [1.807, 2.05) is 66.2 Å². The van der Waals surface area contributed by atoms with Crippen molar-refractivity contribution in [3.63, 3.8) is 0 Å². The molecule has 0 bridgehead atoms. The van der Waals surface area contributed by atoms with Gasteiger partial charge in [-0.25, -0.2) is 9.78 Å². The molecule has 4 N–H and O–H groups in total. The molecular formula is C21H23N5O2. The number of nitrogens with two attached hydrogens (primary N) is 1. The summed E-state index contributed by atoms with van der Waals surface area (Å²) >= 11 is 0. The zero-order chi connectivity index (χ0) is 19.9. The van der Waals surface area contributed by atoms with E-state index in [9.17, 15) is 9.59 Å². The van der Waals surface area contributed by atoms with E-state index in [4.69, 9.17) is 5.73 Å². The first kappa shape index (κ1) is 19.2. The maximum atomic E-state index is 12.4. The first-order chi connectivity index (χ1) is 13.5. The molecule has 0 radical (unpaired) electrons. The van der Waals surface area contributed by atoms with E-state index in [1.165, 1.54) is 0 Å². The van der Waals surface area contributed by atoms with Crippen molar-refractivity contribution in [3.05, 3.63) is 83.9 Å². The molecule has 7 heteroatoms. The quantitative estimate of drug-likeness (QED) is 0.590. The second kappa shape index (κ2) is 8.85. The summed E-state index contributed by atoms with van der Waals surface area (Å²) in [6, 6.07) is 14.3. The van der Waals surface area contributed by atoms with E-state index < -0.39 is 12.1 Å². The average molecular weight is 377 g/mol. The summed E-state index contributed by atoms with van der Waals surface area (Å²) in [7, 11) is 0. The Bertz CT molecular complexity index is 936. The topological polar surface area (TPSA) is 102 Å². The lowest BCUT2D eigenvalue weighted by molar-refractivity contribution is -0.121. The molecule has 0 saturated carbocycles. The molecular weight excluding hydrogens is 354 g/mol. The van der Waals surface area contributed by atoms with Gasteiger partial charge in [-0.05, 0) is 35.7 Å². The van der Waals surface area contributed by atoms with Gasteiger partial charge in [0.25, 0.3) is 0 Å². The molecule has 144 valence electrons. The Kier molecular flexibility index (Phi) is 6.06. The summed E-state index contributed by atoms with van der Waals surface area (Å²) in [5.41, 5.74) is 9.13. The highest BCUT2D eigenvalue weighted by atomic mass is 16.2. The Balaban J connectivity index is 1.60. The minimum absolute atomic E-state index is 0.112. The number of nitrogens with one attached hydrogen (secondary N) is 2. The van der Waals surface area contributed by atoms with E-state index in [-0.39, 0.29) is 12.3 Å².